The molecule has 28 heavy (non-hydrogen) atoms. The first-order valence-corrected chi connectivity index (χ1v) is 10.6. The lowest BCUT2D eigenvalue weighted by molar-refractivity contribution is -0.150. The summed E-state index contributed by atoms with van der Waals surface area (Å²) in [5, 5.41) is 8.26. The Balaban J connectivity index is 2.38. The van der Waals surface area contributed by atoms with Crippen molar-refractivity contribution in [3.05, 3.63) is 30.6 Å². The van der Waals surface area contributed by atoms with E-state index >= 15 is 0 Å². The normalized spacial score (nSPS) is 16.4. The van der Waals surface area contributed by atoms with Crippen LogP contribution in [0.25, 0.3) is 6.08 Å². The van der Waals surface area contributed by atoms with Crippen LogP contribution in [0.1, 0.15) is 19.4 Å². The van der Waals surface area contributed by atoms with E-state index in [1.165, 1.54) is 13.0 Å². The van der Waals surface area contributed by atoms with Crippen molar-refractivity contribution in [2.45, 2.75) is 19.9 Å². The summed E-state index contributed by atoms with van der Waals surface area (Å²) < 4.78 is 11.5. The van der Waals surface area contributed by atoms with Gasteiger partial charge in [0.25, 0.3) is 11.1 Å². The van der Waals surface area contributed by atoms with E-state index in [9.17, 15) is 19.2 Å². The average molecular weight is 584 g/mol. The molecule has 2 rings (SSSR count). The monoisotopic (exact) mass is 583 g/mol. The molecule has 1 saturated heterocycles. The van der Waals surface area contributed by atoms with Crippen LogP contribution >= 0.6 is 50.3 Å². The zero-order chi connectivity index (χ0) is 21.0. The molecular formula is C17H15BrINO7S. The van der Waals surface area contributed by atoms with Gasteiger partial charge in [0, 0.05) is 9.13 Å². The number of carbonyl (C=O) groups is 4. The number of carbonyl (C=O) groups excluding carboxylic acids is 3. The van der Waals surface area contributed by atoms with Crippen LogP contribution in [-0.2, 0) is 19.1 Å². The molecular weight excluding hydrogens is 569 g/mol. The molecule has 8 nitrogen and oxygen atoms in total. The summed E-state index contributed by atoms with van der Waals surface area (Å²) in [6.45, 7) is 2.62. The topological polar surface area (TPSA) is 110 Å². The molecule has 1 aromatic carbocycles. The minimum absolute atomic E-state index is 0.0928. The van der Waals surface area contributed by atoms with Crippen molar-refractivity contribution < 1.29 is 33.8 Å². The minimum atomic E-state index is -1.15. The van der Waals surface area contributed by atoms with Crippen LogP contribution in [0, 0.1) is 3.57 Å². The lowest BCUT2D eigenvalue weighted by atomic mass is 10.1. The Hall–Kier alpha value is -1.60. The number of imide groups is 1. The average Bonchev–Trinajstić information content (AvgIpc) is 2.87. The summed E-state index contributed by atoms with van der Waals surface area (Å²) in [7, 11) is 0. The molecule has 0 aliphatic carbocycles. The van der Waals surface area contributed by atoms with Gasteiger partial charge in [0.2, 0.25) is 0 Å². The molecule has 1 N–H and O–H groups in total. The minimum Gasteiger partial charge on any atom is -0.480 e. The Kier molecular flexibility index (Phi) is 7.89. The molecule has 0 unspecified atom stereocenters. The number of carboxylic acid groups (broad SMARTS) is 1. The number of hydrogen-bond donors (Lipinski definition) is 1. The quantitative estimate of drug-likeness (QED) is 0.295. The Morgan fingerprint density at radius 3 is 2.68 bits per heavy atom. The van der Waals surface area contributed by atoms with E-state index in [0.29, 0.717) is 21.8 Å². The van der Waals surface area contributed by atoms with Gasteiger partial charge in [-0.25, -0.2) is 9.59 Å². The highest BCUT2D eigenvalue weighted by Crippen LogP contribution is 2.38. The van der Waals surface area contributed by atoms with Crippen LogP contribution in [0.15, 0.2) is 21.5 Å². The molecule has 1 fully saturated rings. The maximum Gasteiger partial charge on any atom is 0.341 e. The number of benzene rings is 1. The second-order valence-corrected chi connectivity index (χ2v) is 8.56. The number of ether oxygens (including phenoxy) is 2. The summed E-state index contributed by atoms with van der Waals surface area (Å²) in [4.78, 5) is 48.6. The number of esters is 1. The molecule has 11 heteroatoms. The highest BCUT2D eigenvalue weighted by molar-refractivity contribution is 14.1. The smallest absolute Gasteiger partial charge is 0.341 e. The molecule has 2 amide bonds. The molecule has 1 aromatic rings. The van der Waals surface area contributed by atoms with Gasteiger partial charge in [0.15, 0.2) is 6.61 Å². The summed E-state index contributed by atoms with van der Waals surface area (Å²) in [6, 6.07) is 2.36. The number of aliphatic carboxylic acids is 1. The summed E-state index contributed by atoms with van der Waals surface area (Å²) in [5.74, 6) is -2.23. The van der Waals surface area contributed by atoms with E-state index in [4.69, 9.17) is 14.6 Å². The lowest BCUT2D eigenvalue weighted by Crippen LogP contribution is -2.42. The van der Waals surface area contributed by atoms with E-state index in [1.54, 1.807) is 19.1 Å². The van der Waals surface area contributed by atoms with E-state index in [-0.39, 0.29) is 17.3 Å². The zero-order valence-electron chi connectivity index (χ0n) is 14.7. The number of rotatable bonds is 7. The molecule has 1 atom stereocenters. The second kappa shape index (κ2) is 9.74. The number of nitrogens with zero attached hydrogens (tertiary/aromatic N) is 1. The third kappa shape index (κ3) is 5.26. The van der Waals surface area contributed by atoms with E-state index in [1.807, 2.05) is 0 Å². The van der Waals surface area contributed by atoms with Crippen LogP contribution in [0.4, 0.5) is 4.79 Å². The van der Waals surface area contributed by atoms with E-state index < -0.39 is 35.7 Å². The van der Waals surface area contributed by atoms with Crippen molar-refractivity contribution >= 4 is 79.4 Å². The van der Waals surface area contributed by atoms with Gasteiger partial charge in [0.05, 0.1) is 16.0 Å². The molecule has 0 spiro atoms. The Morgan fingerprint density at radius 1 is 1.39 bits per heavy atom. The van der Waals surface area contributed by atoms with Crippen molar-refractivity contribution in [3.8, 4) is 5.75 Å². The van der Waals surface area contributed by atoms with Crippen LogP contribution < -0.4 is 4.74 Å². The number of thioether (sulfide) groups is 1. The van der Waals surface area contributed by atoms with Crippen LogP contribution in [0.2, 0.25) is 0 Å². The fourth-order valence-corrected chi connectivity index (χ4v) is 4.86. The molecule has 1 aliphatic rings. The van der Waals surface area contributed by atoms with Gasteiger partial charge >= 0.3 is 11.9 Å². The van der Waals surface area contributed by atoms with E-state index in [0.717, 1.165) is 8.47 Å². The highest BCUT2D eigenvalue weighted by Gasteiger charge is 2.41. The Bertz CT molecular complexity index is 873. The summed E-state index contributed by atoms with van der Waals surface area (Å²) in [5.41, 5.74) is 0.425. The van der Waals surface area contributed by atoms with Gasteiger partial charge < -0.3 is 14.6 Å². The maximum absolute atomic E-state index is 12.7. The lowest BCUT2D eigenvalue weighted by Gasteiger charge is -2.19. The third-order valence-electron chi connectivity index (χ3n) is 3.50. The Labute approximate surface area is 186 Å². The SMILES string of the molecule is CCOC(=O)[C@H](C)N1C(=O)S/C(=C/c2cc(I)cc(Br)c2OCC(=O)O)C1=O. The molecule has 0 radical (unpaired) electrons. The van der Waals surface area contributed by atoms with Crippen LogP contribution in [0.3, 0.4) is 0 Å². The fraction of sp³-hybridized carbons (Fsp3) is 0.294. The molecule has 150 valence electrons. The molecule has 1 heterocycles. The van der Waals surface area contributed by atoms with Gasteiger partial charge in [-0.1, -0.05) is 0 Å². The largest absolute Gasteiger partial charge is 0.480 e. The van der Waals surface area contributed by atoms with Gasteiger partial charge in [-0.3, -0.25) is 14.5 Å². The number of halogens is 2. The maximum atomic E-state index is 12.7. The third-order valence-corrected chi connectivity index (χ3v) is 5.60. The van der Waals surface area contributed by atoms with Gasteiger partial charge in [-0.15, -0.1) is 0 Å². The second-order valence-electron chi connectivity index (χ2n) is 5.47. The first-order chi connectivity index (χ1) is 13.1. The van der Waals surface area contributed by atoms with Crippen molar-refractivity contribution in [3.63, 3.8) is 0 Å². The molecule has 0 saturated carbocycles. The van der Waals surface area contributed by atoms with Crippen molar-refractivity contribution in [1.82, 2.24) is 4.90 Å². The van der Waals surface area contributed by atoms with Crippen molar-refractivity contribution in [2.75, 3.05) is 13.2 Å². The van der Waals surface area contributed by atoms with Gasteiger partial charge in [-0.2, -0.15) is 0 Å². The fourth-order valence-electron chi connectivity index (χ4n) is 2.30. The molecule has 0 aromatic heterocycles. The zero-order valence-corrected chi connectivity index (χ0v) is 19.3. The predicted octanol–water partition coefficient (Wildman–Crippen LogP) is 3.51. The number of hydrogen-bond acceptors (Lipinski definition) is 7. The highest BCUT2D eigenvalue weighted by atomic mass is 127. The molecule has 1 aliphatic heterocycles. The first kappa shape index (κ1) is 22.7. The Morgan fingerprint density at radius 2 is 2.07 bits per heavy atom. The van der Waals surface area contributed by atoms with Crippen LogP contribution in [0.5, 0.6) is 5.75 Å². The number of amides is 2. The molecule has 0 bridgehead atoms. The summed E-state index contributed by atoms with van der Waals surface area (Å²) >= 11 is 6.06. The van der Waals surface area contributed by atoms with Gasteiger partial charge in [0.1, 0.15) is 11.8 Å². The first-order valence-electron chi connectivity index (χ1n) is 7.93. The summed E-state index contributed by atoms with van der Waals surface area (Å²) in [6.07, 6.45) is 1.44. The van der Waals surface area contributed by atoms with Crippen molar-refractivity contribution in [2.24, 2.45) is 0 Å². The predicted molar refractivity (Wildman–Crippen MR) is 114 cm³/mol. The van der Waals surface area contributed by atoms with E-state index in [2.05, 4.69) is 38.5 Å². The van der Waals surface area contributed by atoms with Crippen molar-refractivity contribution in [1.29, 1.82) is 0 Å². The standard InChI is InChI=1S/C17H15BrINO7S/c1-3-26-16(24)8(2)20-15(23)12(28-17(20)25)5-9-4-10(19)6-11(18)14(9)27-7-13(21)22/h4-6,8H,3,7H2,1-2H3,(H,21,22)/b12-5+/t8-/m0/s1. The number of carboxylic acids is 1. The van der Waals surface area contributed by atoms with Gasteiger partial charge in [-0.05, 0) is 82.3 Å². The van der Waals surface area contributed by atoms with Crippen LogP contribution in [-0.4, -0.2) is 52.3 Å².